The van der Waals surface area contributed by atoms with E-state index in [9.17, 15) is 9.59 Å². The molecule has 0 amide bonds. The standard InChI is InChI=1S/C7H9Cl3O4/c1-2-3-13-6(12)5(14-4-11)7(8,9)10/h4-5H,2-3H2,1H3. The lowest BCUT2D eigenvalue weighted by molar-refractivity contribution is -0.161. The quantitative estimate of drug-likeness (QED) is 0.431. The first-order valence-electron chi connectivity index (χ1n) is 3.76. The van der Waals surface area contributed by atoms with Crippen LogP contribution in [-0.2, 0) is 19.1 Å². The zero-order valence-corrected chi connectivity index (χ0v) is 9.60. The molecule has 14 heavy (non-hydrogen) atoms. The van der Waals surface area contributed by atoms with Gasteiger partial charge in [0.25, 0.3) is 6.47 Å². The minimum atomic E-state index is -2.02. The molecule has 0 N–H and O–H groups in total. The van der Waals surface area contributed by atoms with Gasteiger partial charge in [0.05, 0.1) is 6.61 Å². The highest BCUT2D eigenvalue weighted by molar-refractivity contribution is 6.68. The number of ether oxygens (including phenoxy) is 2. The molecule has 0 aromatic carbocycles. The van der Waals surface area contributed by atoms with Crippen LogP contribution in [0.3, 0.4) is 0 Å². The zero-order valence-electron chi connectivity index (χ0n) is 7.34. The molecular formula is C7H9Cl3O4. The number of alkyl halides is 3. The normalized spacial score (nSPS) is 13.1. The summed E-state index contributed by atoms with van der Waals surface area (Å²) in [6.45, 7) is 2.01. The Labute approximate surface area is 96.4 Å². The largest absolute Gasteiger partial charge is 0.463 e. The first kappa shape index (κ1) is 13.8. The Morgan fingerprint density at radius 3 is 2.43 bits per heavy atom. The lowest BCUT2D eigenvalue weighted by Crippen LogP contribution is -2.38. The van der Waals surface area contributed by atoms with Gasteiger partial charge in [-0.3, -0.25) is 4.79 Å². The van der Waals surface area contributed by atoms with Gasteiger partial charge in [-0.05, 0) is 6.42 Å². The minimum Gasteiger partial charge on any atom is -0.463 e. The number of rotatable bonds is 5. The zero-order chi connectivity index (χ0) is 11.2. The van der Waals surface area contributed by atoms with Crippen LogP contribution in [0.5, 0.6) is 0 Å². The van der Waals surface area contributed by atoms with Gasteiger partial charge in [-0.2, -0.15) is 0 Å². The van der Waals surface area contributed by atoms with E-state index >= 15 is 0 Å². The van der Waals surface area contributed by atoms with Crippen LogP contribution in [0, 0.1) is 0 Å². The summed E-state index contributed by atoms with van der Waals surface area (Å²) in [7, 11) is 0. The molecule has 0 heterocycles. The molecule has 0 saturated carbocycles. The first-order chi connectivity index (χ1) is 6.43. The van der Waals surface area contributed by atoms with Crippen molar-refractivity contribution in [2.24, 2.45) is 0 Å². The van der Waals surface area contributed by atoms with Crippen molar-refractivity contribution in [1.82, 2.24) is 0 Å². The summed E-state index contributed by atoms with van der Waals surface area (Å²) < 4.78 is 6.95. The van der Waals surface area contributed by atoms with Crippen molar-refractivity contribution in [1.29, 1.82) is 0 Å². The molecule has 1 atom stereocenters. The van der Waals surface area contributed by atoms with Gasteiger partial charge in [-0.25, -0.2) is 4.79 Å². The average molecular weight is 264 g/mol. The van der Waals surface area contributed by atoms with Crippen molar-refractivity contribution < 1.29 is 19.1 Å². The average Bonchev–Trinajstić information content (AvgIpc) is 2.08. The summed E-state index contributed by atoms with van der Waals surface area (Å²) in [5.41, 5.74) is 0. The SMILES string of the molecule is CCCOC(=O)C(OC=O)C(Cl)(Cl)Cl. The Bertz CT molecular complexity index is 202. The van der Waals surface area contributed by atoms with E-state index in [0.717, 1.165) is 0 Å². The number of hydrogen-bond donors (Lipinski definition) is 0. The summed E-state index contributed by atoms with van der Waals surface area (Å²) in [6, 6.07) is 0. The Morgan fingerprint density at radius 2 is 2.07 bits per heavy atom. The maximum atomic E-state index is 11.2. The van der Waals surface area contributed by atoms with Crippen LogP contribution in [0.4, 0.5) is 0 Å². The Balaban J connectivity index is 4.33. The maximum absolute atomic E-state index is 11.2. The highest BCUT2D eigenvalue weighted by Gasteiger charge is 2.41. The van der Waals surface area contributed by atoms with E-state index in [1.54, 1.807) is 6.92 Å². The Hall–Kier alpha value is -0.190. The molecule has 0 saturated heterocycles. The topological polar surface area (TPSA) is 52.6 Å². The van der Waals surface area contributed by atoms with E-state index in [4.69, 9.17) is 34.8 Å². The second-order valence-electron chi connectivity index (χ2n) is 2.32. The van der Waals surface area contributed by atoms with Gasteiger partial charge in [-0.15, -0.1) is 0 Å². The molecule has 1 unspecified atom stereocenters. The maximum Gasteiger partial charge on any atom is 0.352 e. The molecule has 0 aromatic rings. The molecule has 82 valence electrons. The third-order valence-corrected chi connectivity index (χ3v) is 1.75. The summed E-state index contributed by atoms with van der Waals surface area (Å²) in [6.07, 6.45) is -0.907. The van der Waals surface area contributed by atoms with Crippen LogP contribution < -0.4 is 0 Å². The summed E-state index contributed by atoms with van der Waals surface area (Å²) >= 11 is 16.2. The molecule has 4 nitrogen and oxygen atoms in total. The molecule has 0 aromatic heterocycles. The van der Waals surface area contributed by atoms with Crippen molar-refractivity contribution in [3.05, 3.63) is 0 Å². The van der Waals surface area contributed by atoms with Crippen molar-refractivity contribution >= 4 is 47.2 Å². The van der Waals surface area contributed by atoms with Crippen molar-refractivity contribution in [3.63, 3.8) is 0 Å². The molecule has 0 aliphatic rings. The van der Waals surface area contributed by atoms with Crippen molar-refractivity contribution in [2.75, 3.05) is 6.61 Å². The molecule has 0 rings (SSSR count). The van der Waals surface area contributed by atoms with E-state index in [2.05, 4.69) is 9.47 Å². The van der Waals surface area contributed by atoms with E-state index in [0.29, 0.717) is 6.42 Å². The first-order valence-corrected chi connectivity index (χ1v) is 4.89. The molecule has 0 fully saturated rings. The predicted molar refractivity (Wildman–Crippen MR) is 52.5 cm³/mol. The minimum absolute atomic E-state index is 0.0275. The van der Waals surface area contributed by atoms with Crippen LogP contribution >= 0.6 is 34.8 Å². The molecular weight excluding hydrogens is 254 g/mol. The Morgan fingerprint density at radius 1 is 1.50 bits per heavy atom. The van der Waals surface area contributed by atoms with Crippen LogP contribution in [0.15, 0.2) is 0 Å². The number of hydrogen-bond acceptors (Lipinski definition) is 4. The Kier molecular flexibility index (Phi) is 6.24. The van der Waals surface area contributed by atoms with Crippen LogP contribution in [0.2, 0.25) is 0 Å². The number of esters is 1. The summed E-state index contributed by atoms with van der Waals surface area (Å²) in [4.78, 5) is 21.2. The summed E-state index contributed by atoms with van der Waals surface area (Å²) in [5, 5.41) is 0. The highest BCUT2D eigenvalue weighted by atomic mass is 35.6. The van der Waals surface area contributed by atoms with Crippen molar-refractivity contribution in [2.45, 2.75) is 23.2 Å². The van der Waals surface area contributed by atoms with Gasteiger partial charge in [0.15, 0.2) is 0 Å². The lowest BCUT2D eigenvalue weighted by Gasteiger charge is -2.20. The second-order valence-corrected chi connectivity index (χ2v) is 4.69. The predicted octanol–water partition coefficient (Wildman–Crippen LogP) is 1.85. The van der Waals surface area contributed by atoms with Gasteiger partial charge in [0.1, 0.15) is 0 Å². The van der Waals surface area contributed by atoms with Crippen molar-refractivity contribution in [3.8, 4) is 0 Å². The smallest absolute Gasteiger partial charge is 0.352 e. The van der Waals surface area contributed by atoms with Gasteiger partial charge >= 0.3 is 5.97 Å². The number of carbonyl (C=O) groups excluding carboxylic acids is 2. The van der Waals surface area contributed by atoms with Crippen LogP contribution in [0.25, 0.3) is 0 Å². The molecule has 7 heteroatoms. The molecule has 0 aliphatic heterocycles. The van der Waals surface area contributed by atoms with Gasteiger partial charge in [0, 0.05) is 0 Å². The van der Waals surface area contributed by atoms with Gasteiger partial charge in [0.2, 0.25) is 9.90 Å². The monoisotopic (exact) mass is 262 g/mol. The van der Waals surface area contributed by atoms with E-state index < -0.39 is 15.9 Å². The van der Waals surface area contributed by atoms with Crippen LogP contribution in [-0.4, -0.2) is 28.9 Å². The third kappa shape index (κ3) is 4.88. The van der Waals surface area contributed by atoms with E-state index in [-0.39, 0.29) is 13.1 Å². The number of halogens is 3. The van der Waals surface area contributed by atoms with Gasteiger partial charge < -0.3 is 9.47 Å². The second kappa shape index (κ2) is 6.32. The molecule has 0 aliphatic carbocycles. The fraction of sp³-hybridized carbons (Fsp3) is 0.714. The van der Waals surface area contributed by atoms with E-state index in [1.165, 1.54) is 0 Å². The number of carbonyl (C=O) groups is 2. The fourth-order valence-corrected chi connectivity index (χ4v) is 1.02. The van der Waals surface area contributed by atoms with Gasteiger partial charge in [-0.1, -0.05) is 41.7 Å². The fourth-order valence-electron chi connectivity index (χ4n) is 0.600. The van der Waals surface area contributed by atoms with Crippen LogP contribution in [0.1, 0.15) is 13.3 Å². The lowest BCUT2D eigenvalue weighted by atomic mass is 10.4. The molecule has 0 spiro atoms. The highest BCUT2D eigenvalue weighted by Crippen LogP contribution is 2.32. The third-order valence-electron chi connectivity index (χ3n) is 1.15. The van der Waals surface area contributed by atoms with E-state index in [1.807, 2.05) is 0 Å². The molecule has 0 radical (unpaired) electrons. The summed E-state index contributed by atoms with van der Waals surface area (Å²) in [5.74, 6) is -0.876. The molecule has 0 bridgehead atoms.